The minimum absolute atomic E-state index is 0.148. The van der Waals surface area contributed by atoms with Gasteiger partial charge in [-0.05, 0) is 42.9 Å². The molecule has 2 fully saturated rings. The van der Waals surface area contributed by atoms with E-state index < -0.39 is 0 Å². The molecule has 2 aliphatic carbocycles. The SMILES string of the molecule is CC(=O)OCC(C)C1CCC2C(=O)CCC[C@@]21C. The Morgan fingerprint density at radius 1 is 1.50 bits per heavy atom. The highest BCUT2D eigenvalue weighted by atomic mass is 16.5. The predicted molar refractivity (Wildman–Crippen MR) is 69.0 cm³/mol. The maximum Gasteiger partial charge on any atom is 0.302 e. The third-order valence-corrected chi connectivity index (χ3v) is 5.17. The van der Waals surface area contributed by atoms with Gasteiger partial charge in [-0.15, -0.1) is 0 Å². The maximum atomic E-state index is 12.0. The van der Waals surface area contributed by atoms with Gasteiger partial charge in [0.25, 0.3) is 0 Å². The van der Waals surface area contributed by atoms with E-state index in [0.717, 1.165) is 32.1 Å². The van der Waals surface area contributed by atoms with Crippen molar-refractivity contribution in [2.24, 2.45) is 23.2 Å². The predicted octanol–water partition coefficient (Wildman–Crippen LogP) is 2.97. The third-order valence-electron chi connectivity index (χ3n) is 5.17. The zero-order valence-electron chi connectivity index (χ0n) is 11.7. The fraction of sp³-hybridized carbons (Fsp3) is 0.867. The van der Waals surface area contributed by atoms with Crippen LogP contribution >= 0.6 is 0 Å². The molecule has 102 valence electrons. The summed E-state index contributed by atoms with van der Waals surface area (Å²) in [6.07, 6.45) is 5.09. The smallest absolute Gasteiger partial charge is 0.302 e. The summed E-state index contributed by atoms with van der Waals surface area (Å²) in [6.45, 7) is 6.38. The Morgan fingerprint density at radius 3 is 2.89 bits per heavy atom. The number of hydrogen-bond acceptors (Lipinski definition) is 3. The van der Waals surface area contributed by atoms with Gasteiger partial charge in [-0.1, -0.05) is 13.8 Å². The average molecular weight is 252 g/mol. The summed E-state index contributed by atoms with van der Waals surface area (Å²) >= 11 is 0. The van der Waals surface area contributed by atoms with Crippen molar-refractivity contribution in [1.29, 1.82) is 0 Å². The molecule has 0 saturated heterocycles. The fourth-order valence-electron chi connectivity index (χ4n) is 4.27. The molecule has 0 radical (unpaired) electrons. The molecule has 0 aromatic rings. The summed E-state index contributed by atoms with van der Waals surface area (Å²) in [5.74, 6) is 1.39. The van der Waals surface area contributed by atoms with Crippen molar-refractivity contribution in [2.45, 2.75) is 52.9 Å². The number of Topliss-reactive ketones (excluding diaryl/α,β-unsaturated/α-hetero) is 1. The summed E-state index contributed by atoms with van der Waals surface area (Å²) in [7, 11) is 0. The molecule has 0 N–H and O–H groups in total. The molecule has 4 atom stereocenters. The molecule has 18 heavy (non-hydrogen) atoms. The van der Waals surface area contributed by atoms with E-state index in [0.29, 0.717) is 24.2 Å². The highest BCUT2D eigenvalue weighted by Gasteiger charge is 2.52. The largest absolute Gasteiger partial charge is 0.466 e. The second-order valence-corrected chi connectivity index (χ2v) is 6.34. The summed E-state index contributed by atoms with van der Waals surface area (Å²) in [6, 6.07) is 0. The number of hydrogen-bond donors (Lipinski definition) is 0. The van der Waals surface area contributed by atoms with Gasteiger partial charge in [0.15, 0.2) is 0 Å². The van der Waals surface area contributed by atoms with E-state index in [2.05, 4.69) is 13.8 Å². The molecule has 3 nitrogen and oxygen atoms in total. The van der Waals surface area contributed by atoms with Gasteiger partial charge in [-0.3, -0.25) is 9.59 Å². The number of ether oxygens (including phenoxy) is 1. The summed E-state index contributed by atoms with van der Waals surface area (Å²) in [5.41, 5.74) is 0.148. The first-order chi connectivity index (χ1) is 8.45. The Bertz CT molecular complexity index is 350. The Labute approximate surface area is 109 Å². The Kier molecular flexibility index (Phi) is 3.79. The second-order valence-electron chi connectivity index (χ2n) is 6.34. The number of carbonyl (C=O) groups is 2. The molecule has 0 aromatic heterocycles. The van der Waals surface area contributed by atoms with Crippen LogP contribution in [0, 0.1) is 23.2 Å². The van der Waals surface area contributed by atoms with Crippen LogP contribution in [0.1, 0.15) is 52.9 Å². The van der Waals surface area contributed by atoms with Gasteiger partial charge in [0.1, 0.15) is 5.78 Å². The van der Waals surface area contributed by atoms with Crippen molar-refractivity contribution in [3.05, 3.63) is 0 Å². The molecule has 2 saturated carbocycles. The Hall–Kier alpha value is -0.860. The van der Waals surface area contributed by atoms with Crippen molar-refractivity contribution >= 4 is 11.8 Å². The van der Waals surface area contributed by atoms with Gasteiger partial charge in [0.05, 0.1) is 6.61 Å². The standard InChI is InChI=1S/C15H24O3/c1-10(9-18-11(2)16)12-6-7-13-14(17)5-4-8-15(12,13)3/h10,12-13H,4-9H2,1-3H3/t10?,12?,13?,15-/m1/s1. The van der Waals surface area contributed by atoms with Crippen LogP contribution in [0.15, 0.2) is 0 Å². The van der Waals surface area contributed by atoms with Crippen molar-refractivity contribution < 1.29 is 14.3 Å². The van der Waals surface area contributed by atoms with Gasteiger partial charge in [-0.2, -0.15) is 0 Å². The zero-order chi connectivity index (χ0) is 13.3. The quantitative estimate of drug-likeness (QED) is 0.725. The van der Waals surface area contributed by atoms with E-state index in [1.54, 1.807) is 0 Å². The van der Waals surface area contributed by atoms with Crippen LogP contribution in [-0.2, 0) is 14.3 Å². The third kappa shape index (κ3) is 2.32. The number of esters is 1. The molecule has 2 aliphatic rings. The van der Waals surface area contributed by atoms with Crippen LogP contribution in [0.2, 0.25) is 0 Å². The molecular formula is C15H24O3. The Balaban J connectivity index is 2.05. The molecule has 0 aromatic carbocycles. The molecule has 2 rings (SSSR count). The average Bonchev–Trinajstić information content (AvgIpc) is 2.64. The van der Waals surface area contributed by atoms with E-state index >= 15 is 0 Å². The van der Waals surface area contributed by atoms with Gasteiger partial charge in [-0.25, -0.2) is 0 Å². The molecule has 0 amide bonds. The number of carbonyl (C=O) groups excluding carboxylic acids is 2. The van der Waals surface area contributed by atoms with Crippen LogP contribution in [0.3, 0.4) is 0 Å². The van der Waals surface area contributed by atoms with Crippen LogP contribution in [0.5, 0.6) is 0 Å². The van der Waals surface area contributed by atoms with E-state index in [-0.39, 0.29) is 17.3 Å². The maximum absolute atomic E-state index is 12.0. The lowest BCUT2D eigenvalue weighted by Gasteiger charge is -2.42. The lowest BCUT2D eigenvalue weighted by molar-refractivity contribution is -0.144. The van der Waals surface area contributed by atoms with Gasteiger partial charge < -0.3 is 4.74 Å². The normalized spacial score (nSPS) is 37.2. The second kappa shape index (κ2) is 5.02. The lowest BCUT2D eigenvalue weighted by atomic mass is 9.62. The van der Waals surface area contributed by atoms with Crippen molar-refractivity contribution in [3.8, 4) is 0 Å². The minimum Gasteiger partial charge on any atom is -0.466 e. The van der Waals surface area contributed by atoms with Gasteiger partial charge in [0.2, 0.25) is 0 Å². The van der Waals surface area contributed by atoms with Crippen LogP contribution in [-0.4, -0.2) is 18.4 Å². The Morgan fingerprint density at radius 2 is 2.22 bits per heavy atom. The van der Waals surface area contributed by atoms with E-state index in [9.17, 15) is 9.59 Å². The number of ketones is 1. The first kappa shape index (κ1) is 13.6. The van der Waals surface area contributed by atoms with E-state index in [4.69, 9.17) is 4.74 Å². The first-order valence-electron chi connectivity index (χ1n) is 7.11. The first-order valence-corrected chi connectivity index (χ1v) is 7.11. The minimum atomic E-state index is -0.207. The molecule has 3 heteroatoms. The molecule has 0 heterocycles. The number of fused-ring (bicyclic) bond motifs is 1. The summed E-state index contributed by atoms with van der Waals surface area (Å²) < 4.78 is 5.14. The topological polar surface area (TPSA) is 43.4 Å². The van der Waals surface area contributed by atoms with Crippen LogP contribution < -0.4 is 0 Å². The van der Waals surface area contributed by atoms with Gasteiger partial charge >= 0.3 is 5.97 Å². The summed E-state index contributed by atoms with van der Waals surface area (Å²) in [5, 5.41) is 0. The van der Waals surface area contributed by atoms with Gasteiger partial charge in [0, 0.05) is 19.3 Å². The van der Waals surface area contributed by atoms with Crippen LogP contribution in [0.4, 0.5) is 0 Å². The van der Waals surface area contributed by atoms with E-state index in [1.807, 2.05) is 0 Å². The van der Waals surface area contributed by atoms with Crippen molar-refractivity contribution in [2.75, 3.05) is 6.61 Å². The molecular weight excluding hydrogens is 228 g/mol. The van der Waals surface area contributed by atoms with Crippen molar-refractivity contribution in [1.82, 2.24) is 0 Å². The van der Waals surface area contributed by atoms with Crippen molar-refractivity contribution in [3.63, 3.8) is 0 Å². The zero-order valence-corrected chi connectivity index (χ0v) is 11.7. The highest BCUT2D eigenvalue weighted by Crippen LogP contribution is 2.56. The molecule has 3 unspecified atom stereocenters. The highest BCUT2D eigenvalue weighted by molar-refractivity contribution is 5.83. The fourth-order valence-corrected chi connectivity index (χ4v) is 4.27. The van der Waals surface area contributed by atoms with E-state index in [1.165, 1.54) is 6.92 Å². The molecule has 0 aliphatic heterocycles. The van der Waals surface area contributed by atoms with Crippen LogP contribution in [0.25, 0.3) is 0 Å². The molecule has 0 bridgehead atoms. The monoisotopic (exact) mass is 252 g/mol. The number of rotatable bonds is 3. The molecule has 0 spiro atoms. The summed E-state index contributed by atoms with van der Waals surface area (Å²) in [4.78, 5) is 22.9. The lowest BCUT2D eigenvalue weighted by Crippen LogP contribution is -2.40.